The first kappa shape index (κ1) is 21.1. The number of hydrogen-bond acceptors (Lipinski definition) is 6. The van der Waals surface area contributed by atoms with Gasteiger partial charge in [-0.3, -0.25) is 14.5 Å². The number of aryl methyl sites for hydroxylation is 1. The molecule has 3 aromatic rings. The number of nitrogens with zero attached hydrogens (tertiary/aromatic N) is 2. The maximum Gasteiger partial charge on any atom is 0.270 e. The van der Waals surface area contributed by atoms with Gasteiger partial charge >= 0.3 is 0 Å². The molecule has 0 aliphatic carbocycles. The molecule has 7 nitrogen and oxygen atoms in total. The van der Waals surface area contributed by atoms with E-state index in [0.717, 1.165) is 0 Å². The Kier molecular flexibility index (Phi) is 6.11. The van der Waals surface area contributed by atoms with Gasteiger partial charge in [0.05, 0.1) is 17.9 Å². The van der Waals surface area contributed by atoms with Crippen LogP contribution in [0.3, 0.4) is 0 Å². The number of anilines is 1. The third-order valence-corrected chi connectivity index (χ3v) is 6.14. The van der Waals surface area contributed by atoms with Gasteiger partial charge in [0.2, 0.25) is 0 Å². The van der Waals surface area contributed by atoms with Crippen molar-refractivity contribution in [3.63, 3.8) is 0 Å². The van der Waals surface area contributed by atoms with Gasteiger partial charge in [0.15, 0.2) is 6.10 Å². The van der Waals surface area contributed by atoms with Crippen LogP contribution >= 0.6 is 22.9 Å². The van der Waals surface area contributed by atoms with Crippen LogP contribution in [-0.2, 0) is 11.4 Å². The van der Waals surface area contributed by atoms with E-state index in [-0.39, 0.29) is 25.0 Å². The van der Waals surface area contributed by atoms with Crippen LogP contribution in [0.25, 0.3) is 0 Å². The van der Waals surface area contributed by atoms with Gasteiger partial charge in [-0.1, -0.05) is 23.7 Å². The number of para-hydroxylation sites is 2. The fourth-order valence-corrected chi connectivity index (χ4v) is 4.29. The topological polar surface area (TPSA) is 80.8 Å². The maximum atomic E-state index is 13.4. The van der Waals surface area contributed by atoms with E-state index in [4.69, 9.17) is 21.1 Å². The number of ether oxygens (including phenoxy) is 2. The van der Waals surface area contributed by atoms with Crippen LogP contribution in [0.2, 0.25) is 5.02 Å². The molecule has 0 bridgehead atoms. The Morgan fingerprint density at radius 2 is 2.00 bits per heavy atom. The molecule has 1 atom stereocenters. The zero-order valence-electron chi connectivity index (χ0n) is 16.9. The lowest BCUT2D eigenvalue weighted by Crippen LogP contribution is -2.50. The quantitative estimate of drug-likeness (QED) is 0.629. The summed E-state index contributed by atoms with van der Waals surface area (Å²) in [6.07, 6.45) is -0.787. The molecule has 1 aliphatic heterocycles. The van der Waals surface area contributed by atoms with Crippen molar-refractivity contribution in [1.82, 2.24) is 10.3 Å². The van der Waals surface area contributed by atoms with Crippen molar-refractivity contribution in [1.29, 1.82) is 0 Å². The first-order valence-electron chi connectivity index (χ1n) is 9.60. The third kappa shape index (κ3) is 4.50. The number of fused-ring (bicyclic) bond motifs is 1. The van der Waals surface area contributed by atoms with Gasteiger partial charge in [0.1, 0.15) is 28.0 Å². The van der Waals surface area contributed by atoms with E-state index >= 15 is 0 Å². The number of hydrogen-bond donors (Lipinski definition) is 1. The van der Waals surface area contributed by atoms with Gasteiger partial charge in [0.25, 0.3) is 11.8 Å². The number of amides is 2. The lowest BCUT2D eigenvalue weighted by Gasteiger charge is -2.33. The lowest BCUT2D eigenvalue weighted by atomic mass is 10.1. The Balaban J connectivity index is 1.56. The summed E-state index contributed by atoms with van der Waals surface area (Å²) in [5.41, 5.74) is 1.24. The molecule has 0 spiro atoms. The summed E-state index contributed by atoms with van der Waals surface area (Å²) in [7, 11) is 1.54. The number of carbonyl (C=O) groups excluding carboxylic acids is 2. The molecule has 1 N–H and O–H groups in total. The molecule has 4 rings (SSSR count). The lowest BCUT2D eigenvalue weighted by molar-refractivity contribution is -0.127. The minimum Gasteiger partial charge on any atom is -0.486 e. The van der Waals surface area contributed by atoms with Crippen LogP contribution in [0.15, 0.2) is 48.5 Å². The summed E-state index contributed by atoms with van der Waals surface area (Å²) in [4.78, 5) is 32.2. The zero-order valence-corrected chi connectivity index (χ0v) is 18.5. The van der Waals surface area contributed by atoms with E-state index < -0.39 is 6.10 Å². The fourth-order valence-electron chi connectivity index (χ4n) is 3.24. The number of rotatable bonds is 5. The standard InChI is InChI=1S/C22H20ClN3O4S/c1-13-20(31-19(25-13)12-29-15-9-7-14(23)8-10-15)22(28)26-11-18(21(27)24-2)30-17-6-4-3-5-16(17)26/h3-10,18H,11-12H2,1-2H3,(H,24,27). The molecule has 2 amide bonds. The van der Waals surface area contributed by atoms with E-state index in [9.17, 15) is 9.59 Å². The second-order valence-corrected chi connectivity index (χ2v) is 8.39. The SMILES string of the molecule is CNC(=O)C1CN(C(=O)c2sc(COc3ccc(Cl)cc3)nc2C)c2ccccc2O1. The Bertz CT molecular complexity index is 1120. The number of nitrogens with one attached hydrogen (secondary N) is 1. The predicted molar refractivity (Wildman–Crippen MR) is 119 cm³/mol. The average molecular weight is 458 g/mol. The highest BCUT2D eigenvalue weighted by Crippen LogP contribution is 2.35. The van der Waals surface area contributed by atoms with Gasteiger partial charge < -0.3 is 14.8 Å². The highest BCUT2D eigenvalue weighted by Gasteiger charge is 2.35. The molecule has 160 valence electrons. The van der Waals surface area contributed by atoms with Gasteiger partial charge in [-0.2, -0.15) is 0 Å². The molecule has 0 radical (unpaired) electrons. The molecule has 0 saturated carbocycles. The molecular formula is C22H20ClN3O4S. The average Bonchev–Trinajstić information content (AvgIpc) is 3.17. The second-order valence-electron chi connectivity index (χ2n) is 6.87. The molecule has 1 aromatic heterocycles. The van der Waals surface area contributed by atoms with Crippen molar-refractivity contribution in [3.05, 3.63) is 69.1 Å². The van der Waals surface area contributed by atoms with Crippen molar-refractivity contribution in [2.75, 3.05) is 18.5 Å². The maximum absolute atomic E-state index is 13.4. The van der Waals surface area contributed by atoms with Crippen molar-refractivity contribution in [2.45, 2.75) is 19.6 Å². The minimum atomic E-state index is -0.787. The van der Waals surface area contributed by atoms with E-state index in [1.807, 2.05) is 6.07 Å². The minimum absolute atomic E-state index is 0.115. The number of aromatic nitrogens is 1. The zero-order chi connectivity index (χ0) is 22.0. The second kappa shape index (κ2) is 8.95. The number of benzene rings is 2. The Hall–Kier alpha value is -3.10. The number of thiazole rings is 1. The number of carbonyl (C=O) groups is 2. The molecule has 31 heavy (non-hydrogen) atoms. The van der Waals surface area contributed by atoms with Crippen LogP contribution in [-0.4, -0.2) is 36.5 Å². The first-order chi connectivity index (χ1) is 15.0. The number of likely N-dealkylation sites (N-methyl/N-ethyl adjacent to an activating group) is 1. The van der Waals surface area contributed by atoms with Gasteiger partial charge in [0, 0.05) is 12.1 Å². The summed E-state index contributed by atoms with van der Waals surface area (Å²) in [5.74, 6) is 0.646. The third-order valence-electron chi connectivity index (χ3n) is 4.77. The molecule has 2 aromatic carbocycles. The van der Waals surface area contributed by atoms with E-state index in [1.165, 1.54) is 11.3 Å². The molecule has 9 heteroatoms. The van der Waals surface area contributed by atoms with Crippen molar-refractivity contribution in [3.8, 4) is 11.5 Å². The van der Waals surface area contributed by atoms with Gasteiger partial charge in [-0.25, -0.2) is 4.98 Å². The highest BCUT2D eigenvalue weighted by molar-refractivity contribution is 7.13. The fraction of sp³-hybridized carbons (Fsp3) is 0.227. The highest BCUT2D eigenvalue weighted by atomic mass is 35.5. The largest absolute Gasteiger partial charge is 0.486 e. The van der Waals surface area contributed by atoms with Gasteiger partial charge in [-0.05, 0) is 43.3 Å². The first-order valence-corrected chi connectivity index (χ1v) is 10.8. The molecular weight excluding hydrogens is 438 g/mol. The van der Waals surface area contributed by atoms with E-state index in [0.29, 0.717) is 37.8 Å². The van der Waals surface area contributed by atoms with Crippen LogP contribution in [0, 0.1) is 6.92 Å². The predicted octanol–water partition coefficient (Wildman–Crippen LogP) is 3.84. The summed E-state index contributed by atoms with van der Waals surface area (Å²) in [6, 6.07) is 14.2. The van der Waals surface area contributed by atoms with Crippen LogP contribution < -0.4 is 19.7 Å². The monoisotopic (exact) mass is 457 g/mol. The normalized spacial score (nSPS) is 15.1. The Morgan fingerprint density at radius 1 is 1.26 bits per heavy atom. The van der Waals surface area contributed by atoms with E-state index in [1.54, 1.807) is 61.3 Å². The summed E-state index contributed by atoms with van der Waals surface area (Å²) < 4.78 is 11.5. The van der Waals surface area contributed by atoms with Crippen molar-refractivity contribution < 1.29 is 19.1 Å². The Labute approximate surface area is 188 Å². The molecule has 1 aliphatic rings. The Morgan fingerprint density at radius 3 is 2.74 bits per heavy atom. The summed E-state index contributed by atoms with van der Waals surface area (Å²) >= 11 is 7.17. The van der Waals surface area contributed by atoms with Crippen molar-refractivity contribution in [2.24, 2.45) is 0 Å². The van der Waals surface area contributed by atoms with Crippen LogP contribution in [0.5, 0.6) is 11.5 Å². The molecule has 0 saturated heterocycles. The van der Waals surface area contributed by atoms with Crippen molar-refractivity contribution >= 4 is 40.4 Å². The van der Waals surface area contributed by atoms with Crippen LogP contribution in [0.4, 0.5) is 5.69 Å². The van der Waals surface area contributed by atoms with E-state index in [2.05, 4.69) is 10.3 Å². The number of halogens is 1. The molecule has 1 unspecified atom stereocenters. The molecule has 2 heterocycles. The molecule has 0 fully saturated rings. The summed E-state index contributed by atoms with van der Waals surface area (Å²) in [6.45, 7) is 2.14. The van der Waals surface area contributed by atoms with Crippen LogP contribution in [0.1, 0.15) is 20.4 Å². The van der Waals surface area contributed by atoms with Gasteiger partial charge in [-0.15, -0.1) is 11.3 Å². The summed E-state index contributed by atoms with van der Waals surface area (Å²) in [5, 5.41) is 3.89. The smallest absolute Gasteiger partial charge is 0.270 e.